The van der Waals surface area contributed by atoms with Gasteiger partial charge in [0.15, 0.2) is 0 Å². The SMILES string of the molecule is NC(=Cc1ccccc1)C(=O)Oc1ccccc1I. The Labute approximate surface area is 125 Å². The summed E-state index contributed by atoms with van der Waals surface area (Å²) in [5, 5.41) is 0. The first-order valence-electron chi connectivity index (χ1n) is 5.66. The average Bonchev–Trinajstić information content (AvgIpc) is 2.42. The monoisotopic (exact) mass is 365 g/mol. The first kappa shape index (κ1) is 13.6. The highest BCUT2D eigenvalue weighted by molar-refractivity contribution is 14.1. The summed E-state index contributed by atoms with van der Waals surface area (Å²) < 4.78 is 6.10. The molecule has 2 aromatic rings. The van der Waals surface area contributed by atoms with Crippen molar-refractivity contribution in [3.05, 3.63) is 69.4 Å². The second kappa shape index (κ2) is 6.38. The van der Waals surface area contributed by atoms with Gasteiger partial charge in [-0.05, 0) is 46.4 Å². The normalized spacial score (nSPS) is 11.1. The van der Waals surface area contributed by atoms with Gasteiger partial charge in [-0.25, -0.2) is 4.79 Å². The van der Waals surface area contributed by atoms with Crippen LogP contribution in [0.25, 0.3) is 6.08 Å². The molecule has 2 rings (SSSR count). The number of carbonyl (C=O) groups excluding carboxylic acids is 1. The van der Waals surface area contributed by atoms with Crippen LogP contribution in [0.2, 0.25) is 0 Å². The largest absolute Gasteiger partial charge is 0.421 e. The molecule has 0 saturated heterocycles. The van der Waals surface area contributed by atoms with Crippen molar-refractivity contribution >= 4 is 34.6 Å². The van der Waals surface area contributed by atoms with Gasteiger partial charge in [0, 0.05) is 0 Å². The smallest absolute Gasteiger partial charge is 0.359 e. The molecular weight excluding hydrogens is 353 g/mol. The number of esters is 1. The van der Waals surface area contributed by atoms with Crippen molar-refractivity contribution in [2.75, 3.05) is 0 Å². The van der Waals surface area contributed by atoms with Crippen molar-refractivity contribution in [3.63, 3.8) is 0 Å². The lowest BCUT2D eigenvalue weighted by atomic mass is 10.2. The van der Waals surface area contributed by atoms with Gasteiger partial charge in [0.05, 0.1) is 3.57 Å². The fourth-order valence-electron chi connectivity index (χ4n) is 1.47. The van der Waals surface area contributed by atoms with Gasteiger partial charge in [0.2, 0.25) is 0 Å². The number of hydrogen-bond donors (Lipinski definition) is 1. The van der Waals surface area contributed by atoms with E-state index in [2.05, 4.69) is 22.6 Å². The summed E-state index contributed by atoms with van der Waals surface area (Å²) in [4.78, 5) is 11.9. The van der Waals surface area contributed by atoms with Crippen molar-refractivity contribution in [3.8, 4) is 5.75 Å². The van der Waals surface area contributed by atoms with Crippen LogP contribution >= 0.6 is 22.6 Å². The summed E-state index contributed by atoms with van der Waals surface area (Å²) in [6.45, 7) is 0. The number of halogens is 1. The molecule has 2 N–H and O–H groups in total. The summed E-state index contributed by atoms with van der Waals surface area (Å²) in [5.41, 5.74) is 6.67. The zero-order chi connectivity index (χ0) is 13.7. The summed E-state index contributed by atoms with van der Waals surface area (Å²) in [6.07, 6.45) is 1.60. The third-order valence-electron chi connectivity index (χ3n) is 2.40. The van der Waals surface area contributed by atoms with Crippen molar-refractivity contribution < 1.29 is 9.53 Å². The Bertz CT molecular complexity index is 609. The fourth-order valence-corrected chi connectivity index (χ4v) is 1.97. The molecule has 0 fully saturated rings. The van der Waals surface area contributed by atoms with Crippen LogP contribution in [0, 0.1) is 3.57 Å². The standard InChI is InChI=1S/C15H12INO2/c16-12-8-4-5-9-14(12)19-15(18)13(17)10-11-6-2-1-3-7-11/h1-10H,17H2. The molecule has 96 valence electrons. The topological polar surface area (TPSA) is 52.3 Å². The van der Waals surface area contributed by atoms with Crippen molar-refractivity contribution in [1.29, 1.82) is 0 Å². The predicted octanol–water partition coefficient (Wildman–Crippen LogP) is 3.20. The Kier molecular flexibility index (Phi) is 4.57. The molecule has 3 nitrogen and oxygen atoms in total. The van der Waals surface area contributed by atoms with E-state index >= 15 is 0 Å². The summed E-state index contributed by atoms with van der Waals surface area (Å²) in [5.74, 6) is -0.0366. The molecule has 0 heterocycles. The Hall–Kier alpha value is -1.82. The van der Waals surface area contributed by atoms with Gasteiger partial charge in [-0.2, -0.15) is 0 Å². The van der Waals surface area contributed by atoms with E-state index in [9.17, 15) is 4.79 Å². The number of hydrogen-bond acceptors (Lipinski definition) is 3. The number of carbonyl (C=O) groups is 1. The van der Waals surface area contributed by atoms with E-state index in [4.69, 9.17) is 10.5 Å². The molecule has 4 heteroatoms. The lowest BCUT2D eigenvalue weighted by Crippen LogP contribution is -2.17. The van der Waals surface area contributed by atoms with E-state index in [1.807, 2.05) is 48.5 Å². The van der Waals surface area contributed by atoms with Crippen LogP contribution in [-0.2, 0) is 4.79 Å². The highest BCUT2D eigenvalue weighted by Gasteiger charge is 2.10. The first-order valence-corrected chi connectivity index (χ1v) is 6.73. The third kappa shape index (κ3) is 3.82. The molecule has 0 unspecified atom stereocenters. The van der Waals surface area contributed by atoms with Gasteiger partial charge >= 0.3 is 5.97 Å². The Morgan fingerprint density at radius 1 is 1.05 bits per heavy atom. The average molecular weight is 365 g/mol. The van der Waals surface area contributed by atoms with E-state index in [1.54, 1.807) is 12.1 Å². The maximum atomic E-state index is 11.9. The second-order valence-corrected chi connectivity index (χ2v) is 4.99. The van der Waals surface area contributed by atoms with E-state index < -0.39 is 5.97 Å². The van der Waals surface area contributed by atoms with Crippen molar-refractivity contribution in [2.24, 2.45) is 5.73 Å². The predicted molar refractivity (Wildman–Crippen MR) is 83.4 cm³/mol. The molecule has 0 aliphatic carbocycles. The fraction of sp³-hybridized carbons (Fsp3) is 0. The van der Waals surface area contributed by atoms with Gasteiger partial charge in [0.25, 0.3) is 0 Å². The first-order chi connectivity index (χ1) is 9.16. The number of ether oxygens (including phenoxy) is 1. The zero-order valence-corrected chi connectivity index (χ0v) is 12.2. The van der Waals surface area contributed by atoms with Crippen LogP contribution < -0.4 is 10.5 Å². The molecule has 2 aromatic carbocycles. The molecule has 19 heavy (non-hydrogen) atoms. The second-order valence-electron chi connectivity index (χ2n) is 3.83. The molecule has 0 aromatic heterocycles. The van der Waals surface area contributed by atoms with Crippen LogP contribution in [0.5, 0.6) is 5.75 Å². The van der Waals surface area contributed by atoms with Crippen LogP contribution in [0.15, 0.2) is 60.3 Å². The highest BCUT2D eigenvalue weighted by atomic mass is 127. The van der Waals surface area contributed by atoms with Crippen LogP contribution in [0.1, 0.15) is 5.56 Å². The van der Waals surface area contributed by atoms with Gasteiger partial charge < -0.3 is 10.5 Å². The minimum atomic E-state index is -0.548. The quantitative estimate of drug-likeness (QED) is 0.393. The molecule has 0 aliphatic rings. The lowest BCUT2D eigenvalue weighted by Gasteiger charge is -2.06. The van der Waals surface area contributed by atoms with Crippen LogP contribution in [0.3, 0.4) is 0 Å². The zero-order valence-electron chi connectivity index (χ0n) is 10.0. The maximum Gasteiger partial charge on any atom is 0.359 e. The Morgan fingerprint density at radius 3 is 2.37 bits per heavy atom. The van der Waals surface area contributed by atoms with E-state index in [0.29, 0.717) is 5.75 Å². The van der Waals surface area contributed by atoms with E-state index in [1.165, 1.54) is 0 Å². The van der Waals surface area contributed by atoms with Crippen LogP contribution in [0.4, 0.5) is 0 Å². The molecule has 0 spiro atoms. The Balaban J connectivity index is 2.12. The third-order valence-corrected chi connectivity index (χ3v) is 3.29. The molecule has 0 radical (unpaired) electrons. The van der Waals surface area contributed by atoms with E-state index in [-0.39, 0.29) is 5.70 Å². The molecule has 0 amide bonds. The molecule has 0 bridgehead atoms. The van der Waals surface area contributed by atoms with Crippen molar-refractivity contribution in [1.82, 2.24) is 0 Å². The number of nitrogens with two attached hydrogens (primary N) is 1. The molecular formula is C15H12INO2. The summed E-state index contributed by atoms with van der Waals surface area (Å²) in [7, 11) is 0. The minimum absolute atomic E-state index is 0.0749. The van der Waals surface area contributed by atoms with Gasteiger partial charge in [-0.3, -0.25) is 0 Å². The summed E-state index contributed by atoms with van der Waals surface area (Å²) >= 11 is 2.10. The lowest BCUT2D eigenvalue weighted by molar-refractivity contribution is -0.130. The number of rotatable bonds is 3. The van der Waals surface area contributed by atoms with Gasteiger partial charge in [-0.1, -0.05) is 42.5 Å². The maximum absolute atomic E-state index is 11.9. The van der Waals surface area contributed by atoms with Crippen LogP contribution in [-0.4, -0.2) is 5.97 Å². The van der Waals surface area contributed by atoms with Gasteiger partial charge in [0.1, 0.15) is 11.4 Å². The molecule has 0 atom stereocenters. The Morgan fingerprint density at radius 2 is 1.68 bits per heavy atom. The summed E-state index contributed by atoms with van der Waals surface area (Å²) in [6, 6.07) is 16.7. The van der Waals surface area contributed by atoms with Gasteiger partial charge in [-0.15, -0.1) is 0 Å². The number of para-hydroxylation sites is 1. The molecule has 0 saturated carbocycles. The van der Waals surface area contributed by atoms with E-state index in [0.717, 1.165) is 9.13 Å². The molecule has 0 aliphatic heterocycles. The van der Waals surface area contributed by atoms with Crippen molar-refractivity contribution in [2.45, 2.75) is 0 Å². The number of benzene rings is 2. The minimum Gasteiger partial charge on any atom is -0.421 e. The highest BCUT2D eigenvalue weighted by Crippen LogP contribution is 2.20.